The molecule has 1 aromatic heterocycles. The molecule has 2 heterocycles. The average molecular weight is 277 g/mol. The SMILES string of the molecule is CCCNc1ncnc(N2CCN(C)C(C)(C)C2)c1C. The van der Waals surface area contributed by atoms with Gasteiger partial charge in [-0.15, -0.1) is 0 Å². The van der Waals surface area contributed by atoms with Gasteiger partial charge in [-0.05, 0) is 34.2 Å². The van der Waals surface area contributed by atoms with Crippen LogP contribution in [0.5, 0.6) is 0 Å². The van der Waals surface area contributed by atoms with Crippen LogP contribution in [-0.4, -0.2) is 53.6 Å². The van der Waals surface area contributed by atoms with Crippen molar-refractivity contribution in [2.24, 2.45) is 0 Å². The summed E-state index contributed by atoms with van der Waals surface area (Å²) in [4.78, 5) is 13.7. The summed E-state index contributed by atoms with van der Waals surface area (Å²) in [5.74, 6) is 2.04. The minimum Gasteiger partial charge on any atom is -0.370 e. The van der Waals surface area contributed by atoms with E-state index in [1.807, 2.05) is 0 Å². The maximum absolute atomic E-state index is 4.52. The van der Waals surface area contributed by atoms with Gasteiger partial charge in [-0.3, -0.25) is 4.90 Å². The number of nitrogens with zero attached hydrogens (tertiary/aromatic N) is 4. The maximum atomic E-state index is 4.52. The largest absolute Gasteiger partial charge is 0.370 e. The Hall–Kier alpha value is -1.36. The summed E-state index contributed by atoms with van der Waals surface area (Å²) in [5, 5.41) is 3.38. The lowest BCUT2D eigenvalue weighted by molar-refractivity contribution is 0.138. The molecule has 112 valence electrons. The van der Waals surface area contributed by atoms with E-state index < -0.39 is 0 Å². The highest BCUT2D eigenvalue weighted by molar-refractivity contribution is 5.58. The Morgan fingerprint density at radius 3 is 2.70 bits per heavy atom. The van der Waals surface area contributed by atoms with E-state index in [4.69, 9.17) is 0 Å². The van der Waals surface area contributed by atoms with Crippen molar-refractivity contribution >= 4 is 11.6 Å². The Kier molecular flexibility index (Phi) is 4.48. The third-order valence-electron chi connectivity index (χ3n) is 4.22. The van der Waals surface area contributed by atoms with E-state index >= 15 is 0 Å². The maximum Gasteiger partial charge on any atom is 0.137 e. The molecule has 0 radical (unpaired) electrons. The van der Waals surface area contributed by atoms with Gasteiger partial charge in [-0.2, -0.15) is 0 Å². The summed E-state index contributed by atoms with van der Waals surface area (Å²) in [6.07, 6.45) is 2.77. The number of hydrogen-bond acceptors (Lipinski definition) is 5. The molecule has 1 saturated heterocycles. The first-order valence-corrected chi connectivity index (χ1v) is 7.47. The van der Waals surface area contributed by atoms with Crippen molar-refractivity contribution in [3.8, 4) is 0 Å². The monoisotopic (exact) mass is 277 g/mol. The van der Waals surface area contributed by atoms with E-state index in [0.717, 1.165) is 49.8 Å². The van der Waals surface area contributed by atoms with Crippen LogP contribution in [-0.2, 0) is 0 Å². The summed E-state index contributed by atoms with van der Waals surface area (Å²) in [6.45, 7) is 12.9. The third kappa shape index (κ3) is 3.03. The first kappa shape index (κ1) is 15.0. The van der Waals surface area contributed by atoms with Crippen molar-refractivity contribution in [3.63, 3.8) is 0 Å². The third-order valence-corrected chi connectivity index (χ3v) is 4.22. The molecular formula is C15H27N5. The van der Waals surface area contributed by atoms with Crippen LogP contribution in [0.25, 0.3) is 0 Å². The second-order valence-corrected chi connectivity index (χ2v) is 6.25. The molecule has 0 aromatic carbocycles. The lowest BCUT2D eigenvalue weighted by Crippen LogP contribution is -2.58. The number of rotatable bonds is 4. The number of likely N-dealkylation sites (N-methyl/N-ethyl adjacent to an activating group) is 1. The highest BCUT2D eigenvalue weighted by Crippen LogP contribution is 2.27. The predicted octanol–water partition coefficient (Wildman–Crippen LogP) is 2.14. The van der Waals surface area contributed by atoms with Gasteiger partial charge in [0.2, 0.25) is 0 Å². The van der Waals surface area contributed by atoms with Gasteiger partial charge in [0.15, 0.2) is 0 Å². The van der Waals surface area contributed by atoms with Crippen molar-refractivity contribution in [2.75, 3.05) is 43.4 Å². The molecule has 5 heteroatoms. The average Bonchev–Trinajstić information content (AvgIpc) is 2.41. The predicted molar refractivity (Wildman–Crippen MR) is 84.5 cm³/mol. The minimum atomic E-state index is 0.173. The smallest absolute Gasteiger partial charge is 0.137 e. The van der Waals surface area contributed by atoms with Gasteiger partial charge in [0, 0.05) is 37.3 Å². The fraction of sp³-hybridized carbons (Fsp3) is 0.733. The molecule has 2 rings (SSSR count). The molecule has 1 aromatic rings. The minimum absolute atomic E-state index is 0.173. The summed E-state index contributed by atoms with van der Waals surface area (Å²) in [6, 6.07) is 0. The lowest BCUT2D eigenvalue weighted by Gasteiger charge is -2.46. The van der Waals surface area contributed by atoms with Crippen molar-refractivity contribution in [2.45, 2.75) is 39.7 Å². The van der Waals surface area contributed by atoms with Gasteiger partial charge in [-0.1, -0.05) is 6.92 Å². The Bertz CT molecular complexity index is 458. The summed E-state index contributed by atoms with van der Waals surface area (Å²) >= 11 is 0. The summed E-state index contributed by atoms with van der Waals surface area (Å²) < 4.78 is 0. The van der Waals surface area contributed by atoms with Gasteiger partial charge in [0.25, 0.3) is 0 Å². The fourth-order valence-corrected chi connectivity index (χ4v) is 2.60. The molecule has 0 bridgehead atoms. The zero-order valence-electron chi connectivity index (χ0n) is 13.4. The van der Waals surface area contributed by atoms with Gasteiger partial charge >= 0.3 is 0 Å². The Labute approximate surface area is 122 Å². The van der Waals surface area contributed by atoms with E-state index in [1.54, 1.807) is 6.33 Å². The Balaban J connectivity index is 2.20. The van der Waals surface area contributed by atoms with Gasteiger partial charge in [0.05, 0.1) is 0 Å². The fourth-order valence-electron chi connectivity index (χ4n) is 2.60. The van der Waals surface area contributed by atoms with Crippen LogP contribution in [0.1, 0.15) is 32.8 Å². The molecule has 0 unspecified atom stereocenters. The number of hydrogen-bond donors (Lipinski definition) is 1. The molecule has 1 aliphatic rings. The van der Waals surface area contributed by atoms with Crippen LogP contribution in [0, 0.1) is 6.92 Å². The number of nitrogens with one attached hydrogen (secondary N) is 1. The number of piperazine rings is 1. The molecule has 1 fully saturated rings. The molecule has 0 aliphatic carbocycles. The van der Waals surface area contributed by atoms with Crippen molar-refractivity contribution in [3.05, 3.63) is 11.9 Å². The molecule has 0 atom stereocenters. The van der Waals surface area contributed by atoms with E-state index in [9.17, 15) is 0 Å². The number of anilines is 2. The highest BCUT2D eigenvalue weighted by atomic mass is 15.3. The van der Waals surface area contributed by atoms with E-state index in [-0.39, 0.29) is 5.54 Å². The first-order chi connectivity index (χ1) is 9.45. The molecule has 5 nitrogen and oxygen atoms in total. The molecule has 0 amide bonds. The first-order valence-electron chi connectivity index (χ1n) is 7.47. The standard InChI is InChI=1S/C15H27N5/c1-6-7-16-13-12(2)14(18-11-17-13)20-9-8-19(5)15(3,4)10-20/h11H,6-10H2,1-5H3,(H,16,17,18). The van der Waals surface area contributed by atoms with Crippen molar-refractivity contribution < 1.29 is 0 Å². The molecule has 20 heavy (non-hydrogen) atoms. The lowest BCUT2D eigenvalue weighted by atomic mass is 9.99. The van der Waals surface area contributed by atoms with Crippen molar-refractivity contribution in [1.82, 2.24) is 14.9 Å². The quantitative estimate of drug-likeness (QED) is 0.913. The summed E-state index contributed by atoms with van der Waals surface area (Å²) in [5.41, 5.74) is 1.33. The van der Waals surface area contributed by atoms with Gasteiger partial charge in [-0.25, -0.2) is 9.97 Å². The number of aromatic nitrogens is 2. The topological polar surface area (TPSA) is 44.3 Å². The Morgan fingerprint density at radius 1 is 1.30 bits per heavy atom. The molecule has 0 spiro atoms. The van der Waals surface area contributed by atoms with Crippen LogP contribution >= 0.6 is 0 Å². The molecule has 0 saturated carbocycles. The van der Waals surface area contributed by atoms with Gasteiger partial charge in [0.1, 0.15) is 18.0 Å². The molecular weight excluding hydrogens is 250 g/mol. The van der Waals surface area contributed by atoms with Crippen LogP contribution in [0.3, 0.4) is 0 Å². The van der Waals surface area contributed by atoms with E-state index in [1.165, 1.54) is 0 Å². The van der Waals surface area contributed by atoms with Gasteiger partial charge < -0.3 is 10.2 Å². The van der Waals surface area contributed by atoms with Crippen LogP contribution in [0.4, 0.5) is 11.6 Å². The van der Waals surface area contributed by atoms with Crippen LogP contribution in [0.2, 0.25) is 0 Å². The second-order valence-electron chi connectivity index (χ2n) is 6.25. The Morgan fingerprint density at radius 2 is 2.05 bits per heavy atom. The van der Waals surface area contributed by atoms with Crippen LogP contribution in [0.15, 0.2) is 6.33 Å². The highest BCUT2D eigenvalue weighted by Gasteiger charge is 2.32. The summed E-state index contributed by atoms with van der Waals surface area (Å²) in [7, 11) is 2.19. The molecule has 1 aliphatic heterocycles. The normalized spacial score (nSPS) is 19.1. The van der Waals surface area contributed by atoms with E-state index in [2.05, 4.69) is 59.8 Å². The zero-order chi connectivity index (χ0) is 14.8. The van der Waals surface area contributed by atoms with Crippen LogP contribution < -0.4 is 10.2 Å². The second kappa shape index (κ2) is 5.95. The zero-order valence-corrected chi connectivity index (χ0v) is 13.4. The molecule has 1 N–H and O–H groups in total. The van der Waals surface area contributed by atoms with E-state index in [0.29, 0.717) is 0 Å². The van der Waals surface area contributed by atoms with Crippen molar-refractivity contribution in [1.29, 1.82) is 0 Å².